The molecule has 0 aliphatic rings. The van der Waals surface area contributed by atoms with E-state index in [2.05, 4.69) is 0 Å². The zero-order chi connectivity index (χ0) is 14.5. The van der Waals surface area contributed by atoms with Gasteiger partial charge in [-0.15, -0.1) is 0 Å². The van der Waals surface area contributed by atoms with E-state index >= 15 is 0 Å². The van der Waals surface area contributed by atoms with Gasteiger partial charge in [0.05, 0.1) is 7.11 Å². The molecule has 0 aromatic heterocycles. The molecule has 0 saturated heterocycles. The Kier molecular flexibility index (Phi) is 4.48. The molecule has 3 N–H and O–H groups in total. The fourth-order valence-corrected chi connectivity index (χ4v) is 1.92. The summed E-state index contributed by atoms with van der Waals surface area (Å²) in [5.41, 5.74) is 6.84. The van der Waals surface area contributed by atoms with Crippen molar-refractivity contribution in [2.75, 3.05) is 7.11 Å². The van der Waals surface area contributed by atoms with Crippen LogP contribution in [0.2, 0.25) is 5.02 Å². The third kappa shape index (κ3) is 3.42. The summed E-state index contributed by atoms with van der Waals surface area (Å²) in [6, 6.07) is 12.6. The second-order valence-electron chi connectivity index (χ2n) is 4.19. The molecule has 0 fully saturated rings. The van der Waals surface area contributed by atoms with Gasteiger partial charge in [-0.1, -0.05) is 29.8 Å². The van der Waals surface area contributed by atoms with E-state index in [1.165, 1.54) is 0 Å². The van der Waals surface area contributed by atoms with Gasteiger partial charge in [0.15, 0.2) is 0 Å². The van der Waals surface area contributed by atoms with E-state index < -0.39 is 0 Å². The number of hydrogen-bond acceptors (Lipinski definition) is 3. The van der Waals surface area contributed by atoms with Crippen molar-refractivity contribution in [1.82, 2.24) is 0 Å². The second kappa shape index (κ2) is 6.30. The third-order valence-electron chi connectivity index (χ3n) is 2.80. The molecule has 104 valence electrons. The van der Waals surface area contributed by atoms with Crippen LogP contribution < -0.4 is 15.2 Å². The van der Waals surface area contributed by atoms with Gasteiger partial charge in [0.25, 0.3) is 0 Å². The zero-order valence-corrected chi connectivity index (χ0v) is 11.8. The topological polar surface area (TPSA) is 68.3 Å². The van der Waals surface area contributed by atoms with Gasteiger partial charge < -0.3 is 15.2 Å². The van der Waals surface area contributed by atoms with Crippen molar-refractivity contribution in [3.63, 3.8) is 0 Å². The lowest BCUT2D eigenvalue weighted by molar-refractivity contribution is 0.304. The van der Waals surface area contributed by atoms with Crippen LogP contribution in [0.25, 0.3) is 0 Å². The number of amidine groups is 1. The van der Waals surface area contributed by atoms with E-state index in [1.54, 1.807) is 31.4 Å². The second-order valence-corrected chi connectivity index (χ2v) is 4.59. The molecule has 0 bridgehead atoms. The maximum absolute atomic E-state index is 7.36. The normalized spacial score (nSPS) is 10.1. The van der Waals surface area contributed by atoms with Gasteiger partial charge in [0.2, 0.25) is 0 Å². The summed E-state index contributed by atoms with van der Waals surface area (Å²) >= 11 is 6.14. The highest BCUT2D eigenvalue weighted by Crippen LogP contribution is 2.23. The molecule has 4 nitrogen and oxygen atoms in total. The number of ether oxygens (including phenoxy) is 2. The van der Waals surface area contributed by atoms with Crippen LogP contribution in [0, 0.1) is 5.41 Å². The molecule has 0 atom stereocenters. The first kappa shape index (κ1) is 14.2. The maximum atomic E-state index is 7.36. The summed E-state index contributed by atoms with van der Waals surface area (Å²) in [7, 11) is 1.61. The van der Waals surface area contributed by atoms with Gasteiger partial charge in [-0.3, -0.25) is 5.41 Å². The van der Waals surface area contributed by atoms with Crippen molar-refractivity contribution >= 4 is 17.4 Å². The Balaban J connectivity index is 2.08. The van der Waals surface area contributed by atoms with Crippen LogP contribution in [0.5, 0.6) is 11.5 Å². The van der Waals surface area contributed by atoms with Crippen LogP contribution in [0.4, 0.5) is 0 Å². The lowest BCUT2D eigenvalue weighted by Crippen LogP contribution is -2.11. The minimum Gasteiger partial charge on any atom is -0.497 e. The summed E-state index contributed by atoms with van der Waals surface area (Å²) in [4.78, 5) is 0. The van der Waals surface area contributed by atoms with Gasteiger partial charge in [-0.25, -0.2) is 0 Å². The number of nitrogen functional groups attached to an aromatic ring is 1. The Morgan fingerprint density at radius 1 is 1.20 bits per heavy atom. The average Bonchev–Trinajstić information content (AvgIpc) is 2.46. The van der Waals surface area contributed by atoms with Crippen LogP contribution >= 0.6 is 11.6 Å². The monoisotopic (exact) mass is 290 g/mol. The largest absolute Gasteiger partial charge is 0.497 e. The van der Waals surface area contributed by atoms with Crippen LogP contribution in [-0.2, 0) is 6.61 Å². The van der Waals surface area contributed by atoms with Gasteiger partial charge in [0, 0.05) is 22.2 Å². The molecule has 0 unspecified atom stereocenters. The number of nitrogens with one attached hydrogen (secondary N) is 1. The Morgan fingerprint density at radius 3 is 2.60 bits per heavy atom. The molecule has 0 amide bonds. The van der Waals surface area contributed by atoms with Crippen molar-refractivity contribution in [2.24, 2.45) is 5.73 Å². The minimum atomic E-state index is -0.00726. The van der Waals surface area contributed by atoms with Crippen molar-refractivity contribution < 1.29 is 9.47 Å². The average molecular weight is 291 g/mol. The molecular formula is C15H15ClN2O2. The lowest BCUT2D eigenvalue weighted by Gasteiger charge is -2.10. The highest BCUT2D eigenvalue weighted by molar-refractivity contribution is 6.31. The Labute approximate surface area is 122 Å². The standard InChI is InChI=1S/C15H15ClN2O2/c1-19-12-3-2-4-13(8-12)20-9-11-6-5-10(15(17)18)7-14(11)16/h2-8H,9H2,1H3,(H3,17,18). The van der Waals surface area contributed by atoms with Crippen LogP contribution in [-0.4, -0.2) is 12.9 Å². The van der Waals surface area contributed by atoms with Crippen LogP contribution in [0.15, 0.2) is 42.5 Å². The van der Waals surface area contributed by atoms with Crippen LogP contribution in [0.3, 0.4) is 0 Å². The minimum absolute atomic E-state index is 0.00726. The summed E-state index contributed by atoms with van der Waals surface area (Å²) in [6.07, 6.45) is 0. The fraction of sp³-hybridized carbons (Fsp3) is 0.133. The summed E-state index contributed by atoms with van der Waals surface area (Å²) in [5, 5.41) is 7.89. The van der Waals surface area contributed by atoms with E-state index in [-0.39, 0.29) is 5.84 Å². The highest BCUT2D eigenvalue weighted by atomic mass is 35.5. The molecule has 0 saturated carbocycles. The molecule has 0 heterocycles. The molecule has 2 rings (SSSR count). The molecule has 0 radical (unpaired) electrons. The Bertz CT molecular complexity index is 629. The Hall–Kier alpha value is -2.20. The zero-order valence-electron chi connectivity index (χ0n) is 11.0. The summed E-state index contributed by atoms with van der Waals surface area (Å²) in [5.74, 6) is 1.43. The van der Waals surface area contributed by atoms with E-state index in [1.807, 2.05) is 18.2 Å². The molecule has 20 heavy (non-hydrogen) atoms. The molecule has 0 spiro atoms. The van der Waals surface area contributed by atoms with E-state index in [9.17, 15) is 0 Å². The van der Waals surface area contributed by atoms with Gasteiger partial charge in [-0.2, -0.15) is 0 Å². The fourth-order valence-electron chi connectivity index (χ4n) is 1.68. The summed E-state index contributed by atoms with van der Waals surface area (Å²) < 4.78 is 10.8. The number of nitrogens with two attached hydrogens (primary N) is 1. The van der Waals surface area contributed by atoms with E-state index in [4.69, 9.17) is 32.2 Å². The van der Waals surface area contributed by atoms with Crippen molar-refractivity contribution in [3.8, 4) is 11.5 Å². The van der Waals surface area contributed by atoms with Gasteiger partial charge in [-0.05, 0) is 18.2 Å². The number of benzene rings is 2. The molecule has 2 aromatic rings. The number of rotatable bonds is 5. The quantitative estimate of drug-likeness (QED) is 0.656. The first-order valence-corrected chi connectivity index (χ1v) is 6.37. The first-order valence-electron chi connectivity index (χ1n) is 6.00. The number of hydrogen-bond donors (Lipinski definition) is 2. The third-order valence-corrected chi connectivity index (χ3v) is 3.15. The lowest BCUT2D eigenvalue weighted by atomic mass is 10.1. The first-order chi connectivity index (χ1) is 9.60. The van der Waals surface area contributed by atoms with Gasteiger partial charge in [0.1, 0.15) is 23.9 Å². The molecule has 0 aliphatic heterocycles. The highest BCUT2D eigenvalue weighted by Gasteiger charge is 2.05. The van der Waals surface area contributed by atoms with E-state index in [0.29, 0.717) is 22.9 Å². The predicted molar refractivity (Wildman–Crippen MR) is 79.8 cm³/mol. The van der Waals surface area contributed by atoms with E-state index in [0.717, 1.165) is 11.3 Å². The van der Waals surface area contributed by atoms with Crippen molar-refractivity contribution in [2.45, 2.75) is 6.61 Å². The summed E-state index contributed by atoms with van der Waals surface area (Å²) in [6.45, 7) is 0.337. The Morgan fingerprint density at radius 2 is 1.95 bits per heavy atom. The van der Waals surface area contributed by atoms with Gasteiger partial charge >= 0.3 is 0 Å². The molecule has 0 aliphatic carbocycles. The van der Waals surface area contributed by atoms with Crippen LogP contribution in [0.1, 0.15) is 11.1 Å². The maximum Gasteiger partial charge on any atom is 0.123 e. The number of halogens is 1. The molecule has 2 aromatic carbocycles. The van der Waals surface area contributed by atoms with Crippen molar-refractivity contribution in [1.29, 1.82) is 5.41 Å². The predicted octanol–water partition coefficient (Wildman–Crippen LogP) is 3.21. The molecular weight excluding hydrogens is 276 g/mol. The SMILES string of the molecule is COc1cccc(OCc2ccc(C(=N)N)cc2Cl)c1. The number of methoxy groups -OCH3 is 1. The smallest absolute Gasteiger partial charge is 0.123 e. The molecule has 5 heteroatoms. The van der Waals surface area contributed by atoms with Crippen molar-refractivity contribution in [3.05, 3.63) is 58.6 Å².